The Morgan fingerprint density at radius 1 is 1.06 bits per heavy atom. The third kappa shape index (κ3) is 3.19. The van der Waals surface area contributed by atoms with E-state index in [9.17, 15) is 14.7 Å². The lowest BCUT2D eigenvalue weighted by atomic mass is 9.98. The summed E-state index contributed by atoms with van der Waals surface area (Å²) in [5.41, 5.74) is 2.49. The fourth-order valence-corrected chi connectivity index (χ4v) is 4.01. The van der Waals surface area contributed by atoms with Crippen LogP contribution in [0, 0.1) is 0 Å². The van der Waals surface area contributed by atoms with Crippen LogP contribution in [-0.2, 0) is 16.0 Å². The number of pyridine rings is 1. The van der Waals surface area contributed by atoms with Crippen LogP contribution in [0.2, 0.25) is 0 Å². The van der Waals surface area contributed by atoms with E-state index in [0.29, 0.717) is 28.4 Å². The Balaban J connectivity index is 1.67. The standard InChI is InChI=1S/C25H20N2O5/c1-2-15-6-9-17(10-7-15)27-22(18-5-3-4-12-26-18)21(24(29)25(27)30)23(28)16-8-11-19-20(13-16)32-14-31-19/h3-13,22,28H,2,14H2,1H3/b23-21-. The topological polar surface area (TPSA) is 89.0 Å². The Morgan fingerprint density at radius 2 is 1.84 bits per heavy atom. The van der Waals surface area contributed by atoms with Gasteiger partial charge in [0.05, 0.1) is 11.3 Å². The monoisotopic (exact) mass is 428 g/mol. The second kappa shape index (κ2) is 7.85. The predicted octanol–water partition coefficient (Wildman–Crippen LogP) is 4.00. The average molecular weight is 428 g/mol. The molecule has 2 aromatic carbocycles. The highest BCUT2D eigenvalue weighted by Crippen LogP contribution is 2.42. The van der Waals surface area contributed by atoms with Gasteiger partial charge >= 0.3 is 0 Å². The number of aryl methyl sites for hydroxylation is 1. The number of aliphatic hydroxyl groups excluding tert-OH is 1. The van der Waals surface area contributed by atoms with Gasteiger partial charge < -0.3 is 14.6 Å². The van der Waals surface area contributed by atoms with E-state index in [1.165, 1.54) is 4.90 Å². The van der Waals surface area contributed by atoms with E-state index in [4.69, 9.17) is 9.47 Å². The van der Waals surface area contributed by atoms with Gasteiger partial charge in [-0.2, -0.15) is 0 Å². The van der Waals surface area contributed by atoms with E-state index in [2.05, 4.69) is 4.98 Å². The van der Waals surface area contributed by atoms with E-state index in [1.807, 2.05) is 19.1 Å². The van der Waals surface area contributed by atoms with Crippen molar-refractivity contribution in [1.29, 1.82) is 0 Å². The number of carbonyl (C=O) groups is 2. The summed E-state index contributed by atoms with van der Waals surface area (Å²) in [5.74, 6) is -0.750. The maximum Gasteiger partial charge on any atom is 0.300 e. The van der Waals surface area contributed by atoms with Gasteiger partial charge in [-0.1, -0.05) is 25.1 Å². The molecule has 1 aromatic heterocycles. The number of carbonyl (C=O) groups excluding carboxylic acids is 2. The maximum absolute atomic E-state index is 13.2. The van der Waals surface area contributed by atoms with Crippen LogP contribution in [0.3, 0.4) is 0 Å². The van der Waals surface area contributed by atoms with Crippen molar-refractivity contribution in [3.05, 3.63) is 89.3 Å². The molecule has 7 nitrogen and oxygen atoms in total. The third-order valence-corrected chi connectivity index (χ3v) is 5.68. The minimum atomic E-state index is -0.867. The Morgan fingerprint density at radius 3 is 2.56 bits per heavy atom. The fraction of sp³-hybridized carbons (Fsp3) is 0.160. The van der Waals surface area contributed by atoms with Crippen molar-refractivity contribution in [3.63, 3.8) is 0 Å². The molecule has 0 aliphatic carbocycles. The number of ether oxygens (including phenoxy) is 2. The molecule has 2 aliphatic rings. The molecule has 5 rings (SSSR count). The number of hydrogen-bond donors (Lipinski definition) is 1. The first-order chi connectivity index (χ1) is 15.6. The highest BCUT2D eigenvalue weighted by Gasteiger charge is 2.47. The zero-order valence-corrected chi connectivity index (χ0v) is 17.3. The van der Waals surface area contributed by atoms with Crippen molar-refractivity contribution in [1.82, 2.24) is 4.98 Å². The van der Waals surface area contributed by atoms with Crippen molar-refractivity contribution in [2.75, 3.05) is 11.7 Å². The molecule has 0 bridgehead atoms. The summed E-state index contributed by atoms with van der Waals surface area (Å²) >= 11 is 0. The van der Waals surface area contributed by atoms with Crippen LogP contribution >= 0.6 is 0 Å². The molecule has 1 atom stereocenters. The second-order valence-corrected chi connectivity index (χ2v) is 7.51. The molecule has 3 aromatic rings. The van der Waals surface area contributed by atoms with Crippen LogP contribution in [0.25, 0.3) is 5.76 Å². The van der Waals surface area contributed by atoms with Crippen LogP contribution in [0.4, 0.5) is 5.69 Å². The van der Waals surface area contributed by atoms with Crippen molar-refractivity contribution in [2.24, 2.45) is 0 Å². The highest BCUT2D eigenvalue weighted by molar-refractivity contribution is 6.51. The van der Waals surface area contributed by atoms with Crippen molar-refractivity contribution in [3.8, 4) is 11.5 Å². The first kappa shape index (κ1) is 19.8. The number of rotatable bonds is 4. The number of anilines is 1. The molecule has 3 heterocycles. The van der Waals surface area contributed by atoms with Gasteiger partial charge in [-0.05, 0) is 54.4 Å². The molecule has 7 heteroatoms. The molecule has 32 heavy (non-hydrogen) atoms. The zero-order valence-electron chi connectivity index (χ0n) is 17.3. The minimum Gasteiger partial charge on any atom is -0.507 e. The van der Waals surface area contributed by atoms with Gasteiger partial charge in [-0.15, -0.1) is 0 Å². The highest BCUT2D eigenvalue weighted by atomic mass is 16.7. The predicted molar refractivity (Wildman–Crippen MR) is 117 cm³/mol. The molecule has 1 unspecified atom stereocenters. The normalized spacial score (nSPS) is 18.9. The molecule has 1 amide bonds. The minimum absolute atomic E-state index is 0.0212. The van der Waals surface area contributed by atoms with E-state index >= 15 is 0 Å². The number of ketones is 1. The number of hydrogen-bond acceptors (Lipinski definition) is 6. The van der Waals surface area contributed by atoms with Crippen molar-refractivity contribution >= 4 is 23.1 Å². The molecule has 2 aliphatic heterocycles. The molecular formula is C25H20N2O5. The molecule has 0 saturated carbocycles. The smallest absolute Gasteiger partial charge is 0.300 e. The number of Topliss-reactive ketones (excluding diaryl/α,β-unsaturated/α-hetero) is 1. The summed E-state index contributed by atoms with van der Waals surface area (Å²) in [4.78, 5) is 32.1. The first-order valence-electron chi connectivity index (χ1n) is 10.3. The number of aromatic nitrogens is 1. The summed E-state index contributed by atoms with van der Waals surface area (Å²) in [6.07, 6.45) is 2.45. The SMILES string of the molecule is CCc1ccc(N2C(=O)C(=O)/C(=C(\O)c3ccc4c(c3)OCO4)C2c2ccccn2)cc1. The number of aliphatic hydroxyl groups is 1. The summed E-state index contributed by atoms with van der Waals surface area (Å²) in [6.45, 7) is 2.13. The van der Waals surface area contributed by atoms with Gasteiger partial charge in [0.1, 0.15) is 11.8 Å². The van der Waals surface area contributed by atoms with Gasteiger partial charge in [0.25, 0.3) is 11.7 Å². The molecule has 0 radical (unpaired) electrons. The lowest BCUT2D eigenvalue weighted by molar-refractivity contribution is -0.132. The summed E-state index contributed by atoms with van der Waals surface area (Å²) in [6, 6.07) is 16.7. The third-order valence-electron chi connectivity index (χ3n) is 5.68. The Bertz CT molecular complexity index is 1230. The lowest BCUT2D eigenvalue weighted by Crippen LogP contribution is -2.29. The Labute approximate surface area is 184 Å². The number of amides is 1. The van der Waals surface area contributed by atoms with Crippen molar-refractivity contribution < 1.29 is 24.2 Å². The largest absolute Gasteiger partial charge is 0.507 e. The Kier molecular flexibility index (Phi) is 4.86. The van der Waals surface area contributed by atoms with E-state index in [0.717, 1.165) is 12.0 Å². The van der Waals surface area contributed by atoms with Crippen LogP contribution in [0.5, 0.6) is 11.5 Å². The first-order valence-corrected chi connectivity index (χ1v) is 10.3. The van der Waals surface area contributed by atoms with Gasteiger partial charge in [0.15, 0.2) is 11.5 Å². The molecular weight excluding hydrogens is 408 g/mol. The quantitative estimate of drug-likeness (QED) is 0.384. The van der Waals surface area contributed by atoms with Gasteiger partial charge in [-0.25, -0.2) is 0 Å². The summed E-state index contributed by atoms with van der Waals surface area (Å²) in [7, 11) is 0. The molecule has 1 fully saturated rings. The van der Waals surface area contributed by atoms with E-state index < -0.39 is 17.7 Å². The maximum atomic E-state index is 13.2. The molecule has 160 valence electrons. The van der Waals surface area contributed by atoms with Crippen molar-refractivity contribution in [2.45, 2.75) is 19.4 Å². The lowest BCUT2D eigenvalue weighted by Gasteiger charge is -2.24. The average Bonchev–Trinajstić information content (AvgIpc) is 3.41. The van der Waals surface area contributed by atoms with Gasteiger partial charge in [0, 0.05) is 17.4 Å². The number of benzene rings is 2. The zero-order chi connectivity index (χ0) is 22.2. The number of nitrogens with zero attached hydrogens (tertiary/aromatic N) is 2. The van der Waals surface area contributed by atoms with E-state index in [-0.39, 0.29) is 18.1 Å². The van der Waals surface area contributed by atoms with Gasteiger partial charge in [-0.3, -0.25) is 19.5 Å². The van der Waals surface area contributed by atoms with Crippen LogP contribution in [0.15, 0.2) is 72.4 Å². The van der Waals surface area contributed by atoms with Gasteiger partial charge in [0.2, 0.25) is 6.79 Å². The Hall–Kier alpha value is -4.13. The van der Waals surface area contributed by atoms with E-state index in [1.54, 1.807) is 54.7 Å². The van der Waals surface area contributed by atoms with Crippen LogP contribution in [-0.4, -0.2) is 28.6 Å². The second-order valence-electron chi connectivity index (χ2n) is 7.51. The fourth-order valence-electron chi connectivity index (χ4n) is 4.01. The molecule has 1 saturated heterocycles. The summed E-state index contributed by atoms with van der Waals surface area (Å²) in [5, 5.41) is 11.2. The molecule has 0 spiro atoms. The van der Waals surface area contributed by atoms with Crippen LogP contribution < -0.4 is 14.4 Å². The molecule has 1 N–H and O–H groups in total. The van der Waals surface area contributed by atoms with Crippen LogP contribution in [0.1, 0.15) is 29.8 Å². The summed E-state index contributed by atoms with van der Waals surface area (Å²) < 4.78 is 10.7. The number of fused-ring (bicyclic) bond motifs is 1.